The van der Waals surface area contributed by atoms with Crippen molar-refractivity contribution in [3.05, 3.63) is 48.0 Å². The Bertz CT molecular complexity index is 548. The van der Waals surface area contributed by atoms with Gasteiger partial charge in [-0.1, -0.05) is 52.3 Å². The second-order valence-electron chi connectivity index (χ2n) is 4.30. The number of carbonyl (C=O) groups excluding carboxylic acids is 1. The largest absolute Gasteiger partial charge is 0.342 e. The molecule has 0 unspecified atom stereocenters. The average molecular weight is 306 g/mol. The maximum Gasteiger partial charge on any atom is 0.254 e. The van der Waals surface area contributed by atoms with Gasteiger partial charge in [0.2, 0.25) is 0 Å². The predicted molar refractivity (Wildman–Crippen MR) is 79.3 cm³/mol. The fraction of sp³-hybridized carbons (Fsp3) is 0.267. The molecule has 2 aromatic carbocycles. The minimum atomic E-state index is 0.0905. The zero-order valence-electron chi connectivity index (χ0n) is 10.4. The molecule has 0 bridgehead atoms. The van der Waals surface area contributed by atoms with Gasteiger partial charge in [0.05, 0.1) is 0 Å². The summed E-state index contributed by atoms with van der Waals surface area (Å²) >= 11 is 3.39. The van der Waals surface area contributed by atoms with Crippen molar-refractivity contribution in [1.29, 1.82) is 0 Å². The quantitative estimate of drug-likeness (QED) is 0.789. The normalized spacial score (nSPS) is 10.6. The predicted octanol–water partition coefficient (Wildman–Crippen LogP) is 3.70. The molecular weight excluding hydrogens is 290 g/mol. The third-order valence-corrected chi connectivity index (χ3v) is 3.55. The van der Waals surface area contributed by atoms with E-state index < -0.39 is 0 Å². The van der Waals surface area contributed by atoms with Gasteiger partial charge in [0, 0.05) is 24.5 Å². The van der Waals surface area contributed by atoms with Crippen molar-refractivity contribution in [2.75, 3.05) is 18.9 Å². The molecule has 0 aliphatic heterocycles. The van der Waals surface area contributed by atoms with Crippen LogP contribution in [-0.4, -0.2) is 29.7 Å². The summed E-state index contributed by atoms with van der Waals surface area (Å²) in [5.74, 6) is 0.0905. The molecule has 0 saturated carbocycles. The van der Waals surface area contributed by atoms with Crippen LogP contribution in [0.15, 0.2) is 42.5 Å². The van der Waals surface area contributed by atoms with Crippen LogP contribution in [-0.2, 0) is 0 Å². The van der Waals surface area contributed by atoms with E-state index in [0.29, 0.717) is 0 Å². The molecule has 0 N–H and O–H groups in total. The van der Waals surface area contributed by atoms with E-state index in [1.165, 1.54) is 0 Å². The highest BCUT2D eigenvalue weighted by atomic mass is 79.9. The summed E-state index contributed by atoms with van der Waals surface area (Å²) in [7, 11) is 1.85. The Morgan fingerprint density at radius 2 is 1.89 bits per heavy atom. The molecule has 0 radical (unpaired) electrons. The number of halogens is 1. The van der Waals surface area contributed by atoms with Gasteiger partial charge >= 0.3 is 0 Å². The molecule has 0 spiro atoms. The van der Waals surface area contributed by atoms with Gasteiger partial charge in [0.1, 0.15) is 0 Å². The van der Waals surface area contributed by atoms with Gasteiger partial charge in [-0.3, -0.25) is 4.79 Å². The number of hydrogen-bond acceptors (Lipinski definition) is 1. The van der Waals surface area contributed by atoms with Gasteiger partial charge in [-0.15, -0.1) is 0 Å². The number of amides is 1. The molecule has 0 heterocycles. The van der Waals surface area contributed by atoms with Crippen LogP contribution >= 0.6 is 15.9 Å². The standard InChI is InChI=1S/C15H16BrNO/c1-17(11-5-10-16)15(18)14-9-4-7-12-6-2-3-8-13(12)14/h2-4,6-9H,5,10-11H2,1H3. The lowest BCUT2D eigenvalue weighted by atomic mass is 10.0. The van der Waals surface area contributed by atoms with Gasteiger partial charge < -0.3 is 4.90 Å². The minimum Gasteiger partial charge on any atom is -0.342 e. The van der Waals surface area contributed by atoms with E-state index in [4.69, 9.17) is 0 Å². The summed E-state index contributed by atoms with van der Waals surface area (Å²) in [5, 5.41) is 3.05. The summed E-state index contributed by atoms with van der Waals surface area (Å²) in [6, 6.07) is 13.9. The third-order valence-electron chi connectivity index (χ3n) is 2.99. The van der Waals surface area contributed by atoms with Gasteiger partial charge in [0.25, 0.3) is 5.91 Å². The first-order valence-corrected chi connectivity index (χ1v) is 7.15. The Hall–Kier alpha value is -1.35. The molecule has 3 heteroatoms. The van der Waals surface area contributed by atoms with Gasteiger partial charge in [-0.05, 0) is 23.3 Å². The maximum atomic E-state index is 12.4. The second kappa shape index (κ2) is 6.01. The van der Waals surface area contributed by atoms with E-state index in [-0.39, 0.29) is 5.91 Å². The number of alkyl halides is 1. The molecule has 0 aliphatic carbocycles. The van der Waals surface area contributed by atoms with Crippen LogP contribution in [0, 0.1) is 0 Å². The van der Waals surface area contributed by atoms with Gasteiger partial charge in [-0.25, -0.2) is 0 Å². The van der Waals surface area contributed by atoms with Crippen LogP contribution < -0.4 is 0 Å². The SMILES string of the molecule is CN(CCCBr)C(=O)c1cccc2ccccc12. The summed E-state index contributed by atoms with van der Waals surface area (Å²) in [5.41, 5.74) is 0.783. The molecule has 0 saturated heterocycles. The molecule has 1 amide bonds. The van der Waals surface area contributed by atoms with Crippen molar-refractivity contribution in [3.8, 4) is 0 Å². The lowest BCUT2D eigenvalue weighted by molar-refractivity contribution is 0.0797. The Morgan fingerprint density at radius 1 is 1.17 bits per heavy atom. The van der Waals surface area contributed by atoms with E-state index >= 15 is 0 Å². The Kier molecular flexibility index (Phi) is 4.37. The first-order valence-electron chi connectivity index (χ1n) is 6.03. The minimum absolute atomic E-state index is 0.0905. The zero-order chi connectivity index (χ0) is 13.0. The molecule has 2 rings (SSSR count). The molecule has 2 aromatic rings. The van der Waals surface area contributed by atoms with Crippen molar-refractivity contribution in [2.24, 2.45) is 0 Å². The maximum absolute atomic E-state index is 12.4. The second-order valence-corrected chi connectivity index (χ2v) is 5.09. The first kappa shape index (κ1) is 13.1. The Balaban J connectivity index is 2.33. The zero-order valence-corrected chi connectivity index (χ0v) is 12.0. The van der Waals surface area contributed by atoms with Crippen LogP contribution in [0.3, 0.4) is 0 Å². The average Bonchev–Trinajstić information content (AvgIpc) is 2.43. The van der Waals surface area contributed by atoms with Crippen molar-refractivity contribution in [1.82, 2.24) is 4.90 Å². The lowest BCUT2D eigenvalue weighted by Crippen LogP contribution is -2.28. The van der Waals surface area contributed by atoms with Crippen molar-refractivity contribution >= 4 is 32.6 Å². The van der Waals surface area contributed by atoms with E-state index in [1.807, 2.05) is 49.5 Å². The number of carbonyl (C=O) groups is 1. The Labute approximate surface area is 116 Å². The van der Waals surface area contributed by atoms with E-state index in [2.05, 4.69) is 15.9 Å². The third kappa shape index (κ3) is 2.72. The van der Waals surface area contributed by atoms with Crippen molar-refractivity contribution < 1.29 is 4.79 Å². The van der Waals surface area contributed by atoms with Crippen LogP contribution in [0.1, 0.15) is 16.8 Å². The molecule has 18 heavy (non-hydrogen) atoms. The highest BCUT2D eigenvalue weighted by Crippen LogP contribution is 2.19. The van der Waals surface area contributed by atoms with Gasteiger partial charge in [0.15, 0.2) is 0 Å². The summed E-state index contributed by atoms with van der Waals surface area (Å²) in [4.78, 5) is 14.2. The van der Waals surface area contributed by atoms with E-state index in [0.717, 1.165) is 34.6 Å². The van der Waals surface area contributed by atoms with E-state index in [1.54, 1.807) is 4.90 Å². The number of fused-ring (bicyclic) bond motifs is 1. The number of benzene rings is 2. The number of nitrogens with zero attached hydrogens (tertiary/aromatic N) is 1. The van der Waals surface area contributed by atoms with E-state index in [9.17, 15) is 4.79 Å². The fourth-order valence-corrected chi connectivity index (χ4v) is 2.27. The summed E-state index contributed by atoms with van der Waals surface area (Å²) in [6.07, 6.45) is 0.965. The fourth-order valence-electron chi connectivity index (χ4n) is 2.02. The summed E-state index contributed by atoms with van der Waals surface area (Å²) < 4.78 is 0. The highest BCUT2D eigenvalue weighted by molar-refractivity contribution is 9.09. The number of hydrogen-bond donors (Lipinski definition) is 0. The Morgan fingerprint density at radius 3 is 2.67 bits per heavy atom. The molecule has 0 aliphatic rings. The summed E-state index contributed by atoms with van der Waals surface area (Å²) in [6.45, 7) is 0.771. The highest BCUT2D eigenvalue weighted by Gasteiger charge is 2.13. The number of rotatable bonds is 4. The van der Waals surface area contributed by atoms with Crippen molar-refractivity contribution in [3.63, 3.8) is 0 Å². The van der Waals surface area contributed by atoms with Crippen LogP contribution in [0.25, 0.3) is 10.8 Å². The van der Waals surface area contributed by atoms with Crippen molar-refractivity contribution in [2.45, 2.75) is 6.42 Å². The molecular formula is C15H16BrNO. The molecule has 0 aromatic heterocycles. The molecule has 0 fully saturated rings. The topological polar surface area (TPSA) is 20.3 Å². The molecule has 0 atom stereocenters. The molecule has 2 nitrogen and oxygen atoms in total. The monoisotopic (exact) mass is 305 g/mol. The van der Waals surface area contributed by atoms with Crippen LogP contribution in [0.4, 0.5) is 0 Å². The van der Waals surface area contributed by atoms with Gasteiger partial charge in [-0.2, -0.15) is 0 Å². The van der Waals surface area contributed by atoms with Crippen LogP contribution in [0.2, 0.25) is 0 Å². The smallest absolute Gasteiger partial charge is 0.254 e. The van der Waals surface area contributed by atoms with Crippen LogP contribution in [0.5, 0.6) is 0 Å². The lowest BCUT2D eigenvalue weighted by Gasteiger charge is -2.17. The molecule has 94 valence electrons. The first-order chi connectivity index (χ1) is 8.74.